The second-order valence-electron chi connectivity index (χ2n) is 8.06. The highest BCUT2D eigenvalue weighted by Crippen LogP contribution is 2.19. The first kappa shape index (κ1) is 27.1. The summed E-state index contributed by atoms with van der Waals surface area (Å²) < 4.78 is 43.1. The van der Waals surface area contributed by atoms with Gasteiger partial charge in [0, 0.05) is 12.1 Å². The molecule has 1 saturated heterocycles. The summed E-state index contributed by atoms with van der Waals surface area (Å²) in [4.78, 5) is 39.0. The molecule has 0 aliphatic carbocycles. The topological polar surface area (TPSA) is 124 Å². The van der Waals surface area contributed by atoms with Gasteiger partial charge in [-0.05, 0) is 46.1 Å². The van der Waals surface area contributed by atoms with E-state index < -0.39 is 33.9 Å². The zero-order valence-corrected chi connectivity index (χ0v) is 20.2. The summed E-state index contributed by atoms with van der Waals surface area (Å²) in [5.74, 6) is -1.66. The zero-order valence-electron chi connectivity index (χ0n) is 19.4. The molecule has 9 nitrogen and oxygen atoms in total. The van der Waals surface area contributed by atoms with Crippen LogP contribution in [0.5, 0.6) is 0 Å². The van der Waals surface area contributed by atoms with Crippen LogP contribution in [0.15, 0.2) is 53.4 Å². The van der Waals surface area contributed by atoms with Crippen LogP contribution >= 0.6 is 0 Å². The molecular formula is C23H28FN3O6S. The second-order valence-corrected chi connectivity index (χ2v) is 9.48. The quantitative estimate of drug-likeness (QED) is 0.464. The van der Waals surface area contributed by atoms with Crippen LogP contribution in [0.2, 0.25) is 0 Å². The Bertz CT molecular complexity index is 1150. The molecule has 2 aromatic rings. The molecule has 0 saturated carbocycles. The van der Waals surface area contributed by atoms with Gasteiger partial charge in [0.25, 0.3) is 10.1 Å². The predicted octanol–water partition coefficient (Wildman–Crippen LogP) is 1.76. The van der Waals surface area contributed by atoms with Crippen molar-refractivity contribution in [1.29, 1.82) is 0 Å². The first-order valence-corrected chi connectivity index (χ1v) is 11.8. The molecule has 0 spiro atoms. The van der Waals surface area contributed by atoms with Crippen molar-refractivity contribution in [3.8, 4) is 0 Å². The monoisotopic (exact) mass is 493 g/mol. The highest BCUT2D eigenvalue weighted by Gasteiger charge is 2.43. The molecule has 1 fully saturated rings. The lowest BCUT2D eigenvalue weighted by atomic mass is 10.2. The van der Waals surface area contributed by atoms with Gasteiger partial charge in [-0.25, -0.2) is 4.39 Å². The van der Waals surface area contributed by atoms with Crippen LogP contribution in [0.25, 0.3) is 0 Å². The van der Waals surface area contributed by atoms with Crippen molar-refractivity contribution in [3.05, 3.63) is 65.5 Å². The van der Waals surface area contributed by atoms with Gasteiger partial charge in [0.15, 0.2) is 0 Å². The van der Waals surface area contributed by atoms with E-state index in [2.05, 4.69) is 5.32 Å². The van der Waals surface area contributed by atoms with E-state index in [1.54, 1.807) is 49.3 Å². The lowest BCUT2D eigenvalue weighted by Gasteiger charge is -2.23. The van der Waals surface area contributed by atoms with Crippen molar-refractivity contribution in [2.75, 3.05) is 14.1 Å². The van der Waals surface area contributed by atoms with E-state index in [4.69, 9.17) is 4.55 Å². The molecule has 0 bridgehead atoms. The fourth-order valence-electron chi connectivity index (χ4n) is 3.24. The number of halogens is 1. The number of imide groups is 1. The maximum Gasteiger partial charge on any atom is 0.294 e. The Morgan fingerprint density at radius 3 is 2.26 bits per heavy atom. The first-order chi connectivity index (χ1) is 15.8. The third kappa shape index (κ3) is 6.92. The minimum absolute atomic E-state index is 0.00315. The second kappa shape index (κ2) is 11.3. The highest BCUT2D eigenvalue weighted by molar-refractivity contribution is 7.85. The van der Waals surface area contributed by atoms with Crippen LogP contribution in [0.1, 0.15) is 24.5 Å². The van der Waals surface area contributed by atoms with E-state index >= 15 is 0 Å². The van der Waals surface area contributed by atoms with E-state index in [1.807, 2.05) is 6.92 Å². The van der Waals surface area contributed by atoms with Gasteiger partial charge in [-0.1, -0.05) is 35.9 Å². The fraction of sp³-hybridized carbons (Fsp3) is 0.348. The molecule has 11 heteroatoms. The summed E-state index contributed by atoms with van der Waals surface area (Å²) in [6.07, 6.45) is 0.0662. The SMILES string of the molecule is C[C@H](C(=O)NCc1ccccc1F)N1C(=O)C[C@H](N(C)C)C1=O.Cc1ccc(S(=O)(=O)O)cc1. The maximum absolute atomic E-state index is 13.5. The molecule has 2 atom stereocenters. The van der Waals surface area contributed by atoms with Crippen molar-refractivity contribution >= 4 is 27.8 Å². The number of benzene rings is 2. The van der Waals surface area contributed by atoms with E-state index in [-0.39, 0.29) is 29.7 Å². The van der Waals surface area contributed by atoms with Crippen LogP contribution in [0, 0.1) is 12.7 Å². The third-order valence-electron chi connectivity index (χ3n) is 5.28. The van der Waals surface area contributed by atoms with Gasteiger partial charge in [-0.15, -0.1) is 0 Å². The number of likely N-dealkylation sites (tertiary alicyclic amines) is 1. The number of hydrogen-bond donors (Lipinski definition) is 2. The van der Waals surface area contributed by atoms with Crippen molar-refractivity contribution < 1.29 is 31.7 Å². The van der Waals surface area contributed by atoms with Crippen LogP contribution in [0.4, 0.5) is 4.39 Å². The van der Waals surface area contributed by atoms with Crippen molar-refractivity contribution in [3.63, 3.8) is 0 Å². The number of carbonyl (C=O) groups is 3. The molecule has 3 amide bonds. The van der Waals surface area contributed by atoms with Crippen molar-refractivity contribution in [2.24, 2.45) is 0 Å². The van der Waals surface area contributed by atoms with Crippen LogP contribution < -0.4 is 5.32 Å². The summed E-state index contributed by atoms with van der Waals surface area (Å²) in [7, 11) is -0.598. The Labute approximate surface area is 198 Å². The molecule has 34 heavy (non-hydrogen) atoms. The van der Waals surface area contributed by atoms with Gasteiger partial charge in [0.05, 0.1) is 17.4 Å². The van der Waals surface area contributed by atoms with Gasteiger partial charge in [-0.3, -0.25) is 28.7 Å². The molecule has 2 aromatic carbocycles. The number of carbonyl (C=O) groups excluding carboxylic acids is 3. The number of aryl methyl sites for hydroxylation is 1. The number of nitrogens with zero attached hydrogens (tertiary/aromatic N) is 2. The number of amides is 3. The van der Waals surface area contributed by atoms with Gasteiger partial charge in [0.2, 0.25) is 17.7 Å². The summed E-state index contributed by atoms with van der Waals surface area (Å²) in [5, 5.41) is 2.56. The van der Waals surface area contributed by atoms with Crippen molar-refractivity contribution in [2.45, 2.75) is 43.8 Å². The number of likely N-dealkylation sites (N-methyl/N-ethyl adjacent to an activating group) is 1. The van der Waals surface area contributed by atoms with E-state index in [0.717, 1.165) is 10.5 Å². The van der Waals surface area contributed by atoms with Gasteiger partial charge < -0.3 is 5.32 Å². The summed E-state index contributed by atoms with van der Waals surface area (Å²) in [5.41, 5.74) is 1.30. The van der Waals surface area contributed by atoms with E-state index in [1.165, 1.54) is 25.1 Å². The minimum Gasteiger partial charge on any atom is -0.350 e. The van der Waals surface area contributed by atoms with Crippen LogP contribution in [-0.2, 0) is 31.0 Å². The Kier molecular flexibility index (Phi) is 9.02. The standard InChI is InChI=1S/C16H20FN3O3.C7H8O3S/c1-10(20-14(21)8-13(16(20)23)19(2)3)15(22)18-9-11-6-4-5-7-12(11)17;1-6-2-4-7(5-3-6)11(8,9)10/h4-7,10,13H,8-9H2,1-3H3,(H,18,22);2-5H,1H3,(H,8,9,10)/t10-,13+;/m1./s1. The largest absolute Gasteiger partial charge is 0.350 e. The maximum atomic E-state index is 13.5. The molecule has 184 valence electrons. The van der Waals surface area contributed by atoms with Gasteiger partial charge in [0.1, 0.15) is 11.9 Å². The third-order valence-corrected chi connectivity index (χ3v) is 6.15. The molecular weight excluding hydrogens is 465 g/mol. The summed E-state index contributed by atoms with van der Waals surface area (Å²) in [6.45, 7) is 3.33. The van der Waals surface area contributed by atoms with Gasteiger partial charge in [-0.2, -0.15) is 8.42 Å². The van der Waals surface area contributed by atoms with Crippen molar-refractivity contribution in [1.82, 2.24) is 15.1 Å². The molecule has 3 rings (SSSR count). The average Bonchev–Trinajstić information content (AvgIpc) is 3.06. The highest BCUT2D eigenvalue weighted by atomic mass is 32.2. The average molecular weight is 494 g/mol. The number of rotatable bonds is 6. The lowest BCUT2D eigenvalue weighted by Crippen LogP contribution is -2.49. The predicted molar refractivity (Wildman–Crippen MR) is 123 cm³/mol. The summed E-state index contributed by atoms with van der Waals surface area (Å²) >= 11 is 0. The molecule has 0 aromatic heterocycles. The molecule has 1 heterocycles. The van der Waals surface area contributed by atoms with Crippen LogP contribution in [0.3, 0.4) is 0 Å². The molecule has 1 aliphatic heterocycles. The van der Waals surface area contributed by atoms with Gasteiger partial charge >= 0.3 is 0 Å². The van der Waals surface area contributed by atoms with E-state index in [9.17, 15) is 27.2 Å². The number of hydrogen-bond acceptors (Lipinski definition) is 6. The Morgan fingerprint density at radius 2 is 1.76 bits per heavy atom. The number of nitrogens with one attached hydrogen (secondary N) is 1. The molecule has 2 N–H and O–H groups in total. The fourth-order valence-corrected chi connectivity index (χ4v) is 3.72. The minimum atomic E-state index is -4.02. The molecule has 0 unspecified atom stereocenters. The molecule has 0 radical (unpaired) electrons. The Balaban J connectivity index is 0.000000310. The summed E-state index contributed by atoms with van der Waals surface area (Å²) in [6, 6.07) is 10.6. The van der Waals surface area contributed by atoms with Crippen LogP contribution in [-0.4, -0.2) is 66.7 Å². The first-order valence-electron chi connectivity index (χ1n) is 10.4. The lowest BCUT2D eigenvalue weighted by molar-refractivity contribution is -0.147. The normalized spacial score (nSPS) is 16.8. The Hall–Kier alpha value is -3.15. The molecule has 1 aliphatic rings. The Morgan fingerprint density at radius 1 is 1.18 bits per heavy atom. The van der Waals surface area contributed by atoms with E-state index in [0.29, 0.717) is 5.56 Å². The smallest absolute Gasteiger partial charge is 0.294 e. The zero-order chi connectivity index (χ0) is 25.6.